The minimum Gasteiger partial charge on any atom is -0.508 e. The molecule has 0 fully saturated rings. The minimum atomic E-state index is -1.10. The van der Waals surface area contributed by atoms with Crippen molar-refractivity contribution in [3.63, 3.8) is 0 Å². The van der Waals surface area contributed by atoms with E-state index in [1.54, 1.807) is 24.3 Å². The Morgan fingerprint density at radius 3 is 2.31 bits per heavy atom. The van der Waals surface area contributed by atoms with Gasteiger partial charge in [-0.15, -0.1) is 0 Å². The van der Waals surface area contributed by atoms with Crippen LogP contribution in [0.1, 0.15) is 22.3 Å². The molecule has 2 N–H and O–H groups in total. The van der Waals surface area contributed by atoms with Crippen LogP contribution in [0.4, 0.5) is 4.39 Å². The van der Waals surface area contributed by atoms with E-state index in [9.17, 15) is 14.3 Å². The summed E-state index contributed by atoms with van der Waals surface area (Å²) in [5, 5.41) is 19.6. The number of ether oxygens (including phenoxy) is 1. The van der Waals surface area contributed by atoms with Crippen molar-refractivity contribution >= 4 is 29.2 Å². The first kappa shape index (κ1) is 21.0. The smallest absolute Gasteiger partial charge is 0.341 e. The van der Waals surface area contributed by atoms with Crippen molar-refractivity contribution in [3.05, 3.63) is 92.7 Å². The molecule has 0 unspecified atom stereocenters. The summed E-state index contributed by atoms with van der Waals surface area (Å²) >= 11 is 12.6. The Kier molecular flexibility index (Phi) is 6.62. The number of carboxylic acid groups (broad SMARTS) is 1. The summed E-state index contributed by atoms with van der Waals surface area (Å²) in [6.07, 6.45) is 0.772. The molecule has 0 amide bonds. The van der Waals surface area contributed by atoms with Gasteiger partial charge in [0.25, 0.3) is 0 Å². The topological polar surface area (TPSA) is 66.8 Å². The number of phenols is 1. The van der Waals surface area contributed by atoms with Crippen LogP contribution in [-0.4, -0.2) is 22.8 Å². The number of rotatable bonds is 7. The Balaban J connectivity index is 1.82. The summed E-state index contributed by atoms with van der Waals surface area (Å²) in [5.74, 6) is -1.05. The molecule has 29 heavy (non-hydrogen) atoms. The molecular formula is C22H17Cl2FO4. The molecule has 0 aliphatic carbocycles. The molecule has 3 aromatic carbocycles. The van der Waals surface area contributed by atoms with Crippen LogP contribution in [0.2, 0.25) is 10.0 Å². The molecule has 0 spiro atoms. The number of carboxylic acids is 1. The maximum absolute atomic E-state index is 13.4. The number of benzene rings is 3. The normalized spacial score (nSPS) is 10.7. The van der Waals surface area contributed by atoms with Crippen LogP contribution in [0.15, 0.2) is 54.6 Å². The third-order valence-electron chi connectivity index (χ3n) is 4.29. The van der Waals surface area contributed by atoms with Crippen molar-refractivity contribution in [2.75, 3.05) is 6.61 Å². The van der Waals surface area contributed by atoms with Crippen LogP contribution in [0, 0.1) is 5.82 Å². The molecule has 7 heteroatoms. The number of aliphatic carboxylic acids is 1. The lowest BCUT2D eigenvalue weighted by Gasteiger charge is -2.12. The van der Waals surface area contributed by atoms with Gasteiger partial charge in [0.15, 0.2) is 6.61 Å². The first-order valence-electron chi connectivity index (χ1n) is 8.69. The van der Waals surface area contributed by atoms with Crippen LogP contribution in [0.25, 0.3) is 0 Å². The molecule has 0 radical (unpaired) electrons. The van der Waals surface area contributed by atoms with Gasteiger partial charge in [-0.3, -0.25) is 0 Å². The average Bonchev–Trinajstić information content (AvgIpc) is 2.65. The lowest BCUT2D eigenvalue weighted by atomic mass is 9.98. The molecule has 0 bridgehead atoms. The summed E-state index contributed by atoms with van der Waals surface area (Å²) in [7, 11) is 0. The molecule has 3 rings (SSSR count). The van der Waals surface area contributed by atoms with Crippen LogP contribution in [0.5, 0.6) is 11.5 Å². The molecule has 3 aromatic rings. The third-order valence-corrected chi connectivity index (χ3v) is 4.96. The zero-order valence-corrected chi connectivity index (χ0v) is 16.7. The Bertz CT molecular complexity index is 1030. The molecule has 150 valence electrons. The second-order valence-corrected chi connectivity index (χ2v) is 7.31. The number of carbonyl (C=O) groups is 1. The second kappa shape index (κ2) is 9.16. The first-order chi connectivity index (χ1) is 13.8. The highest BCUT2D eigenvalue weighted by molar-refractivity contribution is 6.36. The van der Waals surface area contributed by atoms with Crippen molar-refractivity contribution < 1.29 is 24.1 Å². The van der Waals surface area contributed by atoms with E-state index in [4.69, 9.17) is 33.0 Å². The highest BCUT2D eigenvalue weighted by Crippen LogP contribution is 2.33. The average molecular weight is 435 g/mol. The molecule has 0 aliphatic rings. The maximum atomic E-state index is 13.4. The van der Waals surface area contributed by atoms with Gasteiger partial charge in [0.1, 0.15) is 17.3 Å². The van der Waals surface area contributed by atoms with E-state index in [1.165, 1.54) is 24.3 Å². The fourth-order valence-electron chi connectivity index (χ4n) is 2.94. The van der Waals surface area contributed by atoms with E-state index in [-0.39, 0.29) is 17.3 Å². The summed E-state index contributed by atoms with van der Waals surface area (Å²) in [6, 6.07) is 14.4. The van der Waals surface area contributed by atoms with Crippen molar-refractivity contribution in [1.82, 2.24) is 0 Å². The monoisotopic (exact) mass is 434 g/mol. The van der Waals surface area contributed by atoms with E-state index >= 15 is 0 Å². The van der Waals surface area contributed by atoms with Gasteiger partial charge in [-0.2, -0.15) is 0 Å². The minimum absolute atomic E-state index is 0.118. The standard InChI is InChI=1S/C22H17Cl2FO4/c23-19-10-17(29-12-22(27)28)11-20(24)18(19)9-14-4-5-21(26)15(7-14)6-13-2-1-3-16(25)8-13/h1-5,7-8,10-11,26H,6,9,12H2,(H,27,28). The van der Waals surface area contributed by atoms with Gasteiger partial charge >= 0.3 is 5.97 Å². The van der Waals surface area contributed by atoms with Crippen molar-refractivity contribution in [3.8, 4) is 11.5 Å². The molecule has 0 saturated carbocycles. The van der Waals surface area contributed by atoms with E-state index in [0.717, 1.165) is 11.1 Å². The molecule has 0 aromatic heterocycles. The third kappa shape index (κ3) is 5.62. The van der Waals surface area contributed by atoms with Crippen LogP contribution in [-0.2, 0) is 17.6 Å². The van der Waals surface area contributed by atoms with Crippen molar-refractivity contribution in [2.24, 2.45) is 0 Å². The molecule has 0 heterocycles. The largest absolute Gasteiger partial charge is 0.508 e. The maximum Gasteiger partial charge on any atom is 0.341 e. The first-order valence-corrected chi connectivity index (χ1v) is 9.45. The van der Waals surface area contributed by atoms with E-state index in [2.05, 4.69) is 0 Å². The lowest BCUT2D eigenvalue weighted by Crippen LogP contribution is -2.09. The summed E-state index contributed by atoms with van der Waals surface area (Å²) in [4.78, 5) is 10.6. The van der Waals surface area contributed by atoms with Crippen LogP contribution >= 0.6 is 23.2 Å². The van der Waals surface area contributed by atoms with Gasteiger partial charge in [0.05, 0.1) is 0 Å². The lowest BCUT2D eigenvalue weighted by molar-refractivity contribution is -0.139. The SMILES string of the molecule is O=C(O)COc1cc(Cl)c(Cc2ccc(O)c(Cc3cccc(F)c3)c2)c(Cl)c1. The summed E-state index contributed by atoms with van der Waals surface area (Å²) in [6.45, 7) is -0.493. The van der Waals surface area contributed by atoms with E-state index in [1.807, 2.05) is 6.07 Å². The van der Waals surface area contributed by atoms with Gasteiger partial charge in [-0.05, 0) is 52.6 Å². The van der Waals surface area contributed by atoms with Crippen LogP contribution < -0.4 is 4.74 Å². The van der Waals surface area contributed by atoms with Gasteiger partial charge in [0.2, 0.25) is 0 Å². The van der Waals surface area contributed by atoms with Gasteiger partial charge in [0, 0.05) is 22.9 Å². The van der Waals surface area contributed by atoms with Gasteiger partial charge < -0.3 is 14.9 Å². The number of halogens is 3. The highest BCUT2D eigenvalue weighted by atomic mass is 35.5. The predicted molar refractivity (Wildman–Crippen MR) is 110 cm³/mol. The van der Waals surface area contributed by atoms with E-state index in [0.29, 0.717) is 34.0 Å². The zero-order chi connectivity index (χ0) is 21.0. The van der Waals surface area contributed by atoms with Gasteiger partial charge in [-0.1, -0.05) is 47.5 Å². The zero-order valence-electron chi connectivity index (χ0n) is 15.2. The summed E-state index contributed by atoms with van der Waals surface area (Å²) in [5.41, 5.74) is 2.91. The molecule has 0 aliphatic heterocycles. The fourth-order valence-corrected chi connectivity index (χ4v) is 3.54. The molecular weight excluding hydrogens is 418 g/mol. The Morgan fingerprint density at radius 1 is 0.966 bits per heavy atom. The Labute approximate surface area is 177 Å². The molecule has 0 saturated heterocycles. The van der Waals surface area contributed by atoms with Crippen molar-refractivity contribution in [1.29, 1.82) is 0 Å². The van der Waals surface area contributed by atoms with Crippen LogP contribution in [0.3, 0.4) is 0 Å². The molecule has 0 atom stereocenters. The number of hydrogen-bond acceptors (Lipinski definition) is 3. The summed E-state index contributed by atoms with van der Waals surface area (Å²) < 4.78 is 18.5. The number of phenolic OH excluding ortho intramolecular Hbond substituents is 1. The fraction of sp³-hybridized carbons (Fsp3) is 0.136. The Hall–Kier alpha value is -2.76. The number of hydrogen-bond donors (Lipinski definition) is 2. The molecule has 4 nitrogen and oxygen atoms in total. The Morgan fingerprint density at radius 2 is 1.66 bits per heavy atom. The highest BCUT2D eigenvalue weighted by Gasteiger charge is 2.13. The van der Waals surface area contributed by atoms with Crippen molar-refractivity contribution in [2.45, 2.75) is 12.8 Å². The quantitative estimate of drug-likeness (QED) is 0.516. The van der Waals surface area contributed by atoms with Gasteiger partial charge in [-0.25, -0.2) is 9.18 Å². The second-order valence-electron chi connectivity index (χ2n) is 6.49. The van der Waals surface area contributed by atoms with E-state index < -0.39 is 12.6 Å². The number of aromatic hydroxyl groups is 1. The predicted octanol–water partition coefficient (Wildman–Crippen LogP) is 5.48.